The lowest BCUT2D eigenvalue weighted by Crippen LogP contribution is -2.08. The van der Waals surface area contributed by atoms with Crippen LogP contribution < -0.4 is 0 Å². The maximum absolute atomic E-state index is 11.6. The third-order valence-corrected chi connectivity index (χ3v) is 3.19. The van der Waals surface area contributed by atoms with Gasteiger partial charge in [-0.3, -0.25) is 0 Å². The highest BCUT2D eigenvalue weighted by atomic mass is 127. The van der Waals surface area contributed by atoms with E-state index in [1.54, 1.807) is 19.1 Å². The molecule has 0 aliphatic rings. The molecule has 0 amide bonds. The zero-order valence-electron chi connectivity index (χ0n) is 9.21. The van der Waals surface area contributed by atoms with Crippen LogP contribution in [-0.4, -0.2) is 12.6 Å². The van der Waals surface area contributed by atoms with Crippen molar-refractivity contribution in [3.63, 3.8) is 0 Å². The zero-order valence-corrected chi connectivity index (χ0v) is 11.4. The first-order valence-corrected chi connectivity index (χ1v) is 6.11. The Hall–Kier alpha value is -1.09. The Morgan fingerprint density at radius 3 is 2.69 bits per heavy atom. The van der Waals surface area contributed by atoms with E-state index in [4.69, 9.17) is 10.00 Å². The van der Waals surface area contributed by atoms with Crippen LogP contribution in [0.4, 0.5) is 0 Å². The smallest absolute Gasteiger partial charge is 0.339 e. The first kappa shape index (κ1) is 13.0. The minimum atomic E-state index is -0.426. The monoisotopic (exact) mass is 329 g/mol. The van der Waals surface area contributed by atoms with Gasteiger partial charge >= 0.3 is 5.97 Å². The lowest BCUT2D eigenvalue weighted by molar-refractivity contribution is 0.0526. The van der Waals surface area contributed by atoms with E-state index in [9.17, 15) is 4.79 Å². The predicted octanol–water partition coefficient (Wildman–Crippen LogP) is 2.90. The molecular weight excluding hydrogens is 317 g/mol. The van der Waals surface area contributed by atoms with Crippen LogP contribution in [0.1, 0.15) is 35.3 Å². The summed E-state index contributed by atoms with van der Waals surface area (Å²) in [5.74, 6) is -0.426. The Balaban J connectivity index is 3.26. The second-order valence-electron chi connectivity index (χ2n) is 3.18. The summed E-state index contributed by atoms with van der Waals surface area (Å²) < 4.78 is 5.92. The quantitative estimate of drug-likeness (QED) is 0.633. The van der Waals surface area contributed by atoms with E-state index in [1.807, 2.05) is 13.0 Å². The minimum Gasteiger partial charge on any atom is -0.462 e. The van der Waals surface area contributed by atoms with Gasteiger partial charge in [0.05, 0.1) is 17.7 Å². The fourth-order valence-corrected chi connectivity index (χ4v) is 2.21. The molecule has 0 aliphatic carbocycles. The number of ether oxygens (including phenoxy) is 1. The number of carbonyl (C=O) groups is 1. The molecule has 0 aliphatic heterocycles. The molecule has 4 heteroatoms. The molecule has 1 rings (SSSR count). The molecule has 0 spiro atoms. The predicted molar refractivity (Wildman–Crippen MR) is 69.2 cm³/mol. The molecule has 0 saturated heterocycles. The molecule has 1 aromatic rings. The number of benzene rings is 1. The maximum atomic E-state index is 11.6. The molecule has 0 fully saturated rings. The topological polar surface area (TPSA) is 50.1 Å². The van der Waals surface area contributed by atoms with Gasteiger partial charge in [-0.15, -0.1) is 0 Å². The summed E-state index contributed by atoms with van der Waals surface area (Å²) in [6.07, 6.45) is 0.830. The number of hydrogen-bond donors (Lipinski definition) is 0. The third kappa shape index (κ3) is 2.73. The summed E-state index contributed by atoms with van der Waals surface area (Å²) in [6.45, 7) is 4.08. The highest BCUT2D eigenvalue weighted by Gasteiger charge is 2.14. The van der Waals surface area contributed by atoms with Gasteiger partial charge in [-0.05, 0) is 53.6 Å². The van der Waals surface area contributed by atoms with Gasteiger partial charge in [0.2, 0.25) is 0 Å². The number of aryl methyl sites for hydroxylation is 1. The van der Waals surface area contributed by atoms with Crippen molar-refractivity contribution in [2.75, 3.05) is 6.61 Å². The van der Waals surface area contributed by atoms with Crippen LogP contribution in [0.5, 0.6) is 0 Å². The van der Waals surface area contributed by atoms with Gasteiger partial charge in [0.15, 0.2) is 0 Å². The molecule has 0 heterocycles. The fraction of sp³-hybridized carbons (Fsp3) is 0.333. The van der Waals surface area contributed by atoms with E-state index in [1.165, 1.54) is 0 Å². The Morgan fingerprint density at radius 1 is 1.50 bits per heavy atom. The Bertz CT molecular complexity index is 449. The number of rotatable bonds is 3. The number of nitrogens with zero attached hydrogens (tertiary/aromatic N) is 1. The fourth-order valence-electron chi connectivity index (χ4n) is 1.36. The molecule has 0 unspecified atom stereocenters. The highest BCUT2D eigenvalue weighted by molar-refractivity contribution is 14.1. The number of nitriles is 1. The average molecular weight is 329 g/mol. The second-order valence-corrected chi connectivity index (χ2v) is 4.34. The molecule has 3 nitrogen and oxygen atoms in total. The number of carbonyl (C=O) groups excluding carboxylic acids is 1. The standard InChI is InChI=1S/C12H12INO2/c1-3-8-5-10(12(15)16-4-2)9(7-14)6-11(8)13/h5-6H,3-4H2,1-2H3. The van der Waals surface area contributed by atoms with Gasteiger partial charge in [0.1, 0.15) is 6.07 Å². The van der Waals surface area contributed by atoms with Crippen molar-refractivity contribution in [1.82, 2.24) is 0 Å². The van der Waals surface area contributed by atoms with E-state index in [0.717, 1.165) is 15.6 Å². The first-order chi connectivity index (χ1) is 7.63. The summed E-state index contributed by atoms with van der Waals surface area (Å²) in [4.78, 5) is 11.6. The highest BCUT2D eigenvalue weighted by Crippen LogP contribution is 2.20. The molecule has 1 aromatic carbocycles. The molecule has 0 aromatic heterocycles. The third-order valence-electron chi connectivity index (χ3n) is 2.18. The van der Waals surface area contributed by atoms with Crippen molar-refractivity contribution in [2.24, 2.45) is 0 Å². The van der Waals surface area contributed by atoms with E-state index in [-0.39, 0.29) is 0 Å². The molecule has 0 bridgehead atoms. The van der Waals surface area contributed by atoms with Gasteiger partial charge in [-0.25, -0.2) is 4.79 Å². The number of halogens is 1. The van der Waals surface area contributed by atoms with Crippen LogP contribution in [0, 0.1) is 14.9 Å². The normalized spacial score (nSPS) is 9.62. The van der Waals surface area contributed by atoms with Crippen LogP contribution in [0.15, 0.2) is 12.1 Å². The van der Waals surface area contributed by atoms with Crippen LogP contribution >= 0.6 is 22.6 Å². The number of esters is 1. The SMILES string of the molecule is CCOC(=O)c1cc(CC)c(I)cc1C#N. The molecule has 16 heavy (non-hydrogen) atoms. The molecule has 0 atom stereocenters. The Morgan fingerprint density at radius 2 is 2.19 bits per heavy atom. The lowest BCUT2D eigenvalue weighted by Gasteiger charge is -2.07. The van der Waals surface area contributed by atoms with Gasteiger partial charge < -0.3 is 4.74 Å². The van der Waals surface area contributed by atoms with Gasteiger partial charge in [-0.2, -0.15) is 5.26 Å². The molecule has 0 saturated carbocycles. The van der Waals surface area contributed by atoms with E-state index in [0.29, 0.717) is 17.7 Å². The summed E-state index contributed by atoms with van der Waals surface area (Å²) in [5.41, 5.74) is 1.80. The van der Waals surface area contributed by atoms with Gasteiger partial charge in [0, 0.05) is 3.57 Å². The van der Waals surface area contributed by atoms with Crippen LogP contribution in [0.25, 0.3) is 0 Å². The van der Waals surface area contributed by atoms with Crippen molar-refractivity contribution in [3.8, 4) is 6.07 Å². The summed E-state index contributed by atoms with van der Waals surface area (Å²) in [6, 6.07) is 5.50. The van der Waals surface area contributed by atoms with Crippen LogP contribution in [0.3, 0.4) is 0 Å². The van der Waals surface area contributed by atoms with E-state index in [2.05, 4.69) is 22.6 Å². The van der Waals surface area contributed by atoms with E-state index >= 15 is 0 Å². The molecule has 0 radical (unpaired) electrons. The summed E-state index contributed by atoms with van der Waals surface area (Å²) in [7, 11) is 0. The second kappa shape index (κ2) is 5.85. The molecular formula is C12H12INO2. The lowest BCUT2D eigenvalue weighted by atomic mass is 10.0. The summed E-state index contributed by atoms with van der Waals surface area (Å²) in [5, 5.41) is 8.96. The Kier molecular flexibility index (Phi) is 4.74. The summed E-state index contributed by atoms with van der Waals surface area (Å²) >= 11 is 2.17. The van der Waals surface area contributed by atoms with Crippen molar-refractivity contribution in [3.05, 3.63) is 32.4 Å². The van der Waals surface area contributed by atoms with Gasteiger partial charge in [-0.1, -0.05) is 6.92 Å². The Labute approximate surface area is 109 Å². The van der Waals surface area contributed by atoms with Crippen LogP contribution in [0.2, 0.25) is 0 Å². The average Bonchev–Trinajstić information content (AvgIpc) is 2.28. The van der Waals surface area contributed by atoms with Crippen molar-refractivity contribution >= 4 is 28.6 Å². The molecule has 84 valence electrons. The first-order valence-electron chi connectivity index (χ1n) is 5.03. The van der Waals surface area contributed by atoms with E-state index < -0.39 is 5.97 Å². The van der Waals surface area contributed by atoms with Crippen molar-refractivity contribution in [2.45, 2.75) is 20.3 Å². The zero-order chi connectivity index (χ0) is 12.1. The number of hydrogen-bond acceptors (Lipinski definition) is 3. The van der Waals surface area contributed by atoms with Gasteiger partial charge in [0.25, 0.3) is 0 Å². The molecule has 0 N–H and O–H groups in total. The maximum Gasteiger partial charge on any atom is 0.339 e. The van der Waals surface area contributed by atoms with Crippen molar-refractivity contribution < 1.29 is 9.53 Å². The largest absolute Gasteiger partial charge is 0.462 e. The van der Waals surface area contributed by atoms with Crippen LogP contribution in [-0.2, 0) is 11.2 Å². The minimum absolute atomic E-state index is 0.317. The van der Waals surface area contributed by atoms with Crippen molar-refractivity contribution in [1.29, 1.82) is 5.26 Å².